The third-order valence-electron chi connectivity index (χ3n) is 4.01. The third kappa shape index (κ3) is 2.72. The number of fused-ring (bicyclic) bond motifs is 1. The maximum Gasteiger partial charge on any atom is 0.246 e. The summed E-state index contributed by atoms with van der Waals surface area (Å²) in [6.45, 7) is 1.41. The van der Waals surface area contributed by atoms with Crippen LogP contribution < -0.4 is 10.6 Å². The predicted octanol–water partition coefficient (Wildman–Crippen LogP) is -0.219. The molecule has 0 saturated carbocycles. The summed E-state index contributed by atoms with van der Waals surface area (Å²) in [7, 11) is 1.59. The van der Waals surface area contributed by atoms with Crippen LogP contribution in [0.1, 0.15) is 39.0 Å². The third-order valence-corrected chi connectivity index (χ3v) is 4.01. The average Bonchev–Trinajstić information content (AvgIpc) is 2.73. The maximum absolute atomic E-state index is 12.5. The first-order valence-electron chi connectivity index (χ1n) is 6.85. The van der Waals surface area contributed by atoms with Crippen LogP contribution in [0.3, 0.4) is 0 Å². The number of nitrogens with zero attached hydrogens (tertiary/aromatic N) is 1. The molecule has 0 aromatic heterocycles. The second kappa shape index (κ2) is 5.59. The smallest absolute Gasteiger partial charge is 0.246 e. The highest BCUT2D eigenvalue weighted by atomic mass is 16.2. The Morgan fingerprint density at radius 1 is 1.21 bits per heavy atom. The highest BCUT2D eigenvalue weighted by Gasteiger charge is 2.44. The lowest BCUT2D eigenvalue weighted by Crippen LogP contribution is -2.53. The van der Waals surface area contributed by atoms with E-state index in [9.17, 15) is 14.4 Å². The number of amides is 3. The number of hydrogen-bond donors (Lipinski definition) is 2. The van der Waals surface area contributed by atoms with Crippen molar-refractivity contribution >= 4 is 17.7 Å². The van der Waals surface area contributed by atoms with E-state index in [4.69, 9.17) is 0 Å². The van der Waals surface area contributed by atoms with Gasteiger partial charge in [0, 0.05) is 20.0 Å². The second-order valence-electron chi connectivity index (χ2n) is 5.29. The van der Waals surface area contributed by atoms with E-state index in [1.165, 1.54) is 6.92 Å². The van der Waals surface area contributed by atoms with E-state index in [0.717, 1.165) is 19.3 Å². The highest BCUT2D eigenvalue weighted by Crippen LogP contribution is 2.31. The highest BCUT2D eigenvalue weighted by molar-refractivity contribution is 5.92. The Labute approximate surface area is 112 Å². The number of carbonyl (C=O) groups is 3. The molecular weight excluding hydrogens is 246 g/mol. The fraction of sp³-hybridized carbons (Fsp3) is 0.769. The predicted molar refractivity (Wildman–Crippen MR) is 69.2 cm³/mol. The van der Waals surface area contributed by atoms with Gasteiger partial charge in [-0.1, -0.05) is 0 Å². The maximum atomic E-state index is 12.5. The second-order valence-corrected chi connectivity index (χ2v) is 5.29. The Morgan fingerprint density at radius 2 is 1.95 bits per heavy atom. The van der Waals surface area contributed by atoms with Gasteiger partial charge in [0.2, 0.25) is 17.7 Å². The van der Waals surface area contributed by atoms with Crippen molar-refractivity contribution in [1.29, 1.82) is 0 Å². The van der Waals surface area contributed by atoms with Gasteiger partial charge in [0.25, 0.3) is 0 Å². The van der Waals surface area contributed by atoms with Crippen molar-refractivity contribution in [2.75, 3.05) is 7.05 Å². The first kappa shape index (κ1) is 13.8. The molecule has 106 valence electrons. The number of likely N-dealkylation sites (N-methyl/N-ethyl adjacent to an activating group) is 1. The summed E-state index contributed by atoms with van der Waals surface area (Å²) in [6, 6.07) is -0.710. The van der Waals surface area contributed by atoms with Crippen LogP contribution >= 0.6 is 0 Å². The zero-order chi connectivity index (χ0) is 14.0. The van der Waals surface area contributed by atoms with E-state index in [1.807, 2.05) is 0 Å². The monoisotopic (exact) mass is 267 g/mol. The fourth-order valence-electron chi connectivity index (χ4n) is 3.16. The molecule has 0 bridgehead atoms. The van der Waals surface area contributed by atoms with Crippen LogP contribution in [0.2, 0.25) is 0 Å². The van der Waals surface area contributed by atoms with E-state index in [1.54, 1.807) is 11.9 Å². The Morgan fingerprint density at radius 3 is 2.58 bits per heavy atom. The largest absolute Gasteiger partial charge is 0.357 e. The number of carbonyl (C=O) groups excluding carboxylic acids is 3. The van der Waals surface area contributed by atoms with Crippen LogP contribution in [-0.2, 0) is 14.4 Å². The Bertz CT molecular complexity index is 397. The van der Waals surface area contributed by atoms with E-state index < -0.39 is 6.04 Å². The normalized spacial score (nSPS) is 30.5. The van der Waals surface area contributed by atoms with Gasteiger partial charge in [0.05, 0.1) is 0 Å². The van der Waals surface area contributed by atoms with Crippen LogP contribution in [0.25, 0.3) is 0 Å². The number of rotatable bonds is 2. The van der Waals surface area contributed by atoms with Crippen LogP contribution in [0.5, 0.6) is 0 Å². The molecule has 2 aliphatic rings. The summed E-state index contributed by atoms with van der Waals surface area (Å²) in [6.07, 6.45) is 4.05. The molecule has 3 atom stereocenters. The van der Waals surface area contributed by atoms with Crippen LogP contribution in [0, 0.1) is 0 Å². The zero-order valence-electron chi connectivity index (χ0n) is 11.4. The summed E-state index contributed by atoms with van der Waals surface area (Å²) < 4.78 is 0. The molecule has 2 aliphatic heterocycles. The van der Waals surface area contributed by atoms with Gasteiger partial charge in [-0.3, -0.25) is 14.4 Å². The first-order valence-corrected chi connectivity index (χ1v) is 6.85. The van der Waals surface area contributed by atoms with E-state index in [-0.39, 0.29) is 29.8 Å². The lowest BCUT2D eigenvalue weighted by molar-refractivity contribution is -0.142. The SMILES string of the molecule is CNC(=O)[C@@H]1CC[C@@H]2CCC[C@@H](NC(C)=O)C(=O)N21. The van der Waals surface area contributed by atoms with Crippen LogP contribution in [0.4, 0.5) is 0 Å². The quantitative estimate of drug-likeness (QED) is 0.726. The van der Waals surface area contributed by atoms with Crippen LogP contribution in [-0.4, -0.2) is 47.8 Å². The minimum atomic E-state index is -0.479. The van der Waals surface area contributed by atoms with Gasteiger partial charge in [-0.05, 0) is 32.1 Å². The van der Waals surface area contributed by atoms with Gasteiger partial charge in [-0.25, -0.2) is 0 Å². The Hall–Kier alpha value is -1.59. The average molecular weight is 267 g/mol. The minimum absolute atomic E-state index is 0.108. The van der Waals surface area contributed by atoms with Gasteiger partial charge < -0.3 is 15.5 Å². The standard InChI is InChI=1S/C13H21N3O3/c1-8(17)15-10-5-3-4-9-6-7-11(12(18)14-2)16(9)13(10)19/h9-11H,3-7H2,1-2H3,(H,14,18)(H,15,17)/t9-,10+,11-/m0/s1. The van der Waals surface area contributed by atoms with Crippen molar-refractivity contribution in [2.24, 2.45) is 0 Å². The summed E-state index contributed by atoms with van der Waals surface area (Å²) in [5, 5.41) is 5.32. The molecule has 2 rings (SSSR count). The van der Waals surface area contributed by atoms with Crippen LogP contribution in [0.15, 0.2) is 0 Å². The lowest BCUT2D eigenvalue weighted by Gasteiger charge is -2.30. The van der Waals surface area contributed by atoms with E-state index >= 15 is 0 Å². The fourth-order valence-corrected chi connectivity index (χ4v) is 3.16. The lowest BCUT2D eigenvalue weighted by atomic mass is 10.1. The van der Waals surface area contributed by atoms with Gasteiger partial charge in [-0.15, -0.1) is 0 Å². The zero-order valence-corrected chi connectivity index (χ0v) is 11.4. The van der Waals surface area contributed by atoms with Crippen molar-refractivity contribution in [1.82, 2.24) is 15.5 Å². The topological polar surface area (TPSA) is 78.5 Å². The Balaban J connectivity index is 2.18. The number of hydrogen-bond acceptors (Lipinski definition) is 3. The molecule has 3 amide bonds. The summed E-state index contributed by atoms with van der Waals surface area (Å²) in [5.41, 5.74) is 0. The van der Waals surface area contributed by atoms with Crippen molar-refractivity contribution in [3.8, 4) is 0 Å². The molecule has 0 radical (unpaired) electrons. The molecule has 6 heteroatoms. The summed E-state index contributed by atoms with van der Waals surface area (Å²) in [5.74, 6) is -0.421. The Kier molecular flexibility index (Phi) is 4.07. The molecule has 2 saturated heterocycles. The van der Waals surface area contributed by atoms with Crippen molar-refractivity contribution in [2.45, 2.75) is 57.2 Å². The molecule has 6 nitrogen and oxygen atoms in total. The molecule has 0 aliphatic carbocycles. The molecule has 0 spiro atoms. The van der Waals surface area contributed by atoms with E-state index in [2.05, 4.69) is 10.6 Å². The van der Waals surface area contributed by atoms with Gasteiger partial charge >= 0.3 is 0 Å². The van der Waals surface area contributed by atoms with E-state index in [0.29, 0.717) is 12.8 Å². The first-order chi connectivity index (χ1) is 9.04. The minimum Gasteiger partial charge on any atom is -0.357 e. The van der Waals surface area contributed by atoms with Crippen molar-refractivity contribution in [3.63, 3.8) is 0 Å². The van der Waals surface area contributed by atoms with Crippen molar-refractivity contribution in [3.05, 3.63) is 0 Å². The number of nitrogens with one attached hydrogen (secondary N) is 2. The molecule has 19 heavy (non-hydrogen) atoms. The molecule has 0 unspecified atom stereocenters. The van der Waals surface area contributed by atoms with Gasteiger partial charge in [0.1, 0.15) is 12.1 Å². The summed E-state index contributed by atoms with van der Waals surface area (Å²) >= 11 is 0. The van der Waals surface area contributed by atoms with Gasteiger partial charge in [0.15, 0.2) is 0 Å². The molecule has 2 N–H and O–H groups in total. The molecule has 2 fully saturated rings. The summed E-state index contributed by atoms with van der Waals surface area (Å²) in [4.78, 5) is 37.3. The van der Waals surface area contributed by atoms with Gasteiger partial charge in [-0.2, -0.15) is 0 Å². The molecule has 0 aromatic carbocycles. The molecule has 0 aromatic rings. The van der Waals surface area contributed by atoms with Crippen molar-refractivity contribution < 1.29 is 14.4 Å². The molecular formula is C13H21N3O3. The molecule has 2 heterocycles.